The van der Waals surface area contributed by atoms with Crippen LogP contribution in [0.25, 0.3) is 10.9 Å². The van der Waals surface area contributed by atoms with Gasteiger partial charge in [-0.15, -0.1) is 0 Å². The van der Waals surface area contributed by atoms with Crippen LogP contribution in [0.1, 0.15) is 16.7 Å². The molecule has 0 aliphatic heterocycles. The van der Waals surface area contributed by atoms with Crippen LogP contribution in [0.15, 0.2) is 75.4 Å². The second-order valence-corrected chi connectivity index (χ2v) is 7.45. The molecule has 0 saturated carbocycles. The van der Waals surface area contributed by atoms with Gasteiger partial charge in [-0.3, -0.25) is 19.3 Å². The van der Waals surface area contributed by atoms with Crippen molar-refractivity contribution in [2.75, 3.05) is 7.11 Å². The molecule has 2 aromatic carbocycles. The number of rotatable bonds is 7. The maximum Gasteiger partial charge on any atom is 0.331 e. The fourth-order valence-electron chi connectivity index (χ4n) is 3.61. The van der Waals surface area contributed by atoms with Crippen molar-refractivity contribution in [2.45, 2.75) is 19.0 Å². The number of nitrogens with zero attached hydrogens (tertiary/aromatic N) is 2. The summed E-state index contributed by atoms with van der Waals surface area (Å²) in [6.45, 7) is 0.0545. The van der Waals surface area contributed by atoms with E-state index in [9.17, 15) is 19.5 Å². The second-order valence-electron chi connectivity index (χ2n) is 7.45. The van der Waals surface area contributed by atoms with Crippen LogP contribution in [0, 0.1) is 0 Å². The van der Waals surface area contributed by atoms with Crippen LogP contribution in [0.3, 0.4) is 0 Å². The average Bonchev–Trinajstić information content (AvgIpc) is 3.23. The largest absolute Gasteiger partial charge is 0.494 e. The molecule has 0 saturated heterocycles. The van der Waals surface area contributed by atoms with Crippen LogP contribution >= 0.6 is 0 Å². The Balaban J connectivity index is 1.67. The number of benzene rings is 2. The van der Waals surface area contributed by atoms with Crippen LogP contribution in [0.4, 0.5) is 0 Å². The molecule has 1 atom stereocenters. The molecule has 9 nitrogen and oxygen atoms in total. The van der Waals surface area contributed by atoms with Crippen LogP contribution in [0.5, 0.6) is 5.88 Å². The SMILES string of the molecule is COC(=O)[C@@H](Cc1c[nH]c2ccccc12)N=Cc1c(O)n(Cc2ccccc2)c(=O)[nH]c1=O. The number of hydrogen-bond acceptors (Lipinski definition) is 6. The van der Waals surface area contributed by atoms with E-state index in [-0.39, 0.29) is 18.5 Å². The van der Waals surface area contributed by atoms with Gasteiger partial charge >= 0.3 is 11.7 Å². The Kier molecular flexibility index (Phi) is 6.21. The average molecular weight is 446 g/mol. The molecular formula is C24H22N4O5. The number of para-hydroxylation sites is 1. The van der Waals surface area contributed by atoms with E-state index < -0.39 is 29.1 Å². The maximum atomic E-state index is 12.4. The van der Waals surface area contributed by atoms with Gasteiger partial charge in [0.25, 0.3) is 5.56 Å². The smallest absolute Gasteiger partial charge is 0.331 e. The number of aliphatic imine (C=N–C) groups is 1. The summed E-state index contributed by atoms with van der Waals surface area (Å²) in [5.41, 5.74) is 0.755. The maximum absolute atomic E-state index is 12.4. The summed E-state index contributed by atoms with van der Waals surface area (Å²) in [4.78, 5) is 46.6. The highest BCUT2D eigenvalue weighted by Gasteiger charge is 2.21. The summed E-state index contributed by atoms with van der Waals surface area (Å²) in [5.74, 6) is -1.13. The molecule has 2 aromatic heterocycles. The quantitative estimate of drug-likeness (QED) is 0.295. The minimum absolute atomic E-state index is 0.0545. The molecule has 0 fully saturated rings. The molecule has 0 radical (unpaired) electrons. The Morgan fingerprint density at radius 2 is 1.88 bits per heavy atom. The predicted molar refractivity (Wildman–Crippen MR) is 124 cm³/mol. The van der Waals surface area contributed by atoms with Gasteiger partial charge in [0.15, 0.2) is 6.04 Å². The molecule has 0 bridgehead atoms. The summed E-state index contributed by atoms with van der Waals surface area (Å²) < 4.78 is 5.91. The van der Waals surface area contributed by atoms with E-state index in [0.29, 0.717) is 0 Å². The number of hydrogen-bond donors (Lipinski definition) is 3. The number of aromatic hydroxyl groups is 1. The molecule has 3 N–H and O–H groups in total. The van der Waals surface area contributed by atoms with Gasteiger partial charge in [0.1, 0.15) is 5.56 Å². The number of esters is 1. The molecule has 2 heterocycles. The highest BCUT2D eigenvalue weighted by Crippen LogP contribution is 2.20. The number of aromatic amines is 2. The first-order valence-electron chi connectivity index (χ1n) is 10.2. The molecule has 33 heavy (non-hydrogen) atoms. The Labute approximate surface area is 188 Å². The molecule has 168 valence electrons. The summed E-state index contributed by atoms with van der Waals surface area (Å²) >= 11 is 0. The van der Waals surface area contributed by atoms with Crippen LogP contribution in [-0.2, 0) is 22.5 Å². The lowest BCUT2D eigenvalue weighted by atomic mass is 10.1. The molecule has 4 rings (SSSR count). The zero-order valence-corrected chi connectivity index (χ0v) is 17.8. The first kappa shape index (κ1) is 21.8. The highest BCUT2D eigenvalue weighted by molar-refractivity contribution is 5.87. The molecular weight excluding hydrogens is 424 g/mol. The topological polar surface area (TPSA) is 130 Å². The number of methoxy groups -OCH3 is 1. The molecule has 9 heteroatoms. The molecule has 0 aliphatic carbocycles. The minimum Gasteiger partial charge on any atom is -0.494 e. The fourth-order valence-corrected chi connectivity index (χ4v) is 3.61. The Bertz CT molecular complexity index is 1430. The molecule has 0 amide bonds. The molecule has 4 aromatic rings. The van der Waals surface area contributed by atoms with Crippen molar-refractivity contribution in [1.82, 2.24) is 14.5 Å². The van der Waals surface area contributed by atoms with Gasteiger partial charge in [-0.2, -0.15) is 0 Å². The van der Waals surface area contributed by atoms with Crippen molar-refractivity contribution in [2.24, 2.45) is 4.99 Å². The summed E-state index contributed by atoms with van der Waals surface area (Å²) in [6.07, 6.45) is 3.11. The number of nitrogens with one attached hydrogen (secondary N) is 2. The van der Waals surface area contributed by atoms with E-state index in [0.717, 1.165) is 32.8 Å². The first-order chi connectivity index (χ1) is 16.0. The Morgan fingerprint density at radius 1 is 1.15 bits per heavy atom. The zero-order chi connectivity index (χ0) is 23.4. The number of H-pyrrole nitrogens is 2. The number of aromatic nitrogens is 3. The van der Waals surface area contributed by atoms with E-state index >= 15 is 0 Å². The Morgan fingerprint density at radius 3 is 2.64 bits per heavy atom. The number of fused-ring (bicyclic) bond motifs is 1. The van der Waals surface area contributed by atoms with Gasteiger partial charge in [0, 0.05) is 29.7 Å². The van der Waals surface area contributed by atoms with E-state index in [1.54, 1.807) is 30.5 Å². The Hall–Kier alpha value is -4.40. The molecule has 0 aliphatic rings. The normalized spacial score (nSPS) is 12.3. The van der Waals surface area contributed by atoms with Crippen molar-refractivity contribution in [1.29, 1.82) is 0 Å². The standard InChI is InChI=1S/C24H22N4O5/c1-33-23(31)20(11-16-12-25-19-10-6-5-9-17(16)19)26-13-18-21(29)27-24(32)28(22(18)30)14-15-7-3-2-4-8-15/h2-10,12-13,20,25,30H,11,14H2,1H3,(H,27,29,32)/t20-/m1/s1. The van der Waals surface area contributed by atoms with Crippen molar-refractivity contribution >= 4 is 23.1 Å². The van der Waals surface area contributed by atoms with E-state index in [4.69, 9.17) is 4.74 Å². The van der Waals surface area contributed by atoms with Gasteiger partial charge in [0.05, 0.1) is 13.7 Å². The summed E-state index contributed by atoms with van der Waals surface area (Å²) in [5, 5.41) is 11.6. The van der Waals surface area contributed by atoms with Gasteiger partial charge in [-0.1, -0.05) is 48.5 Å². The van der Waals surface area contributed by atoms with Crippen LogP contribution in [0.2, 0.25) is 0 Å². The highest BCUT2D eigenvalue weighted by atomic mass is 16.5. The van der Waals surface area contributed by atoms with Crippen molar-refractivity contribution < 1.29 is 14.6 Å². The number of ether oxygens (including phenoxy) is 1. The van der Waals surface area contributed by atoms with Crippen LogP contribution < -0.4 is 11.2 Å². The van der Waals surface area contributed by atoms with Crippen molar-refractivity contribution in [3.63, 3.8) is 0 Å². The van der Waals surface area contributed by atoms with E-state index in [1.807, 2.05) is 30.3 Å². The third-order valence-electron chi connectivity index (χ3n) is 5.34. The lowest BCUT2D eigenvalue weighted by Gasteiger charge is -2.11. The second kappa shape index (κ2) is 9.39. The number of carbonyl (C=O) groups is 1. The first-order valence-corrected chi connectivity index (χ1v) is 10.2. The minimum atomic E-state index is -0.956. The fraction of sp³-hybridized carbons (Fsp3) is 0.167. The van der Waals surface area contributed by atoms with Crippen molar-refractivity contribution in [3.05, 3.63) is 98.3 Å². The van der Waals surface area contributed by atoms with Crippen molar-refractivity contribution in [3.8, 4) is 5.88 Å². The monoisotopic (exact) mass is 446 g/mol. The lowest BCUT2D eigenvalue weighted by molar-refractivity contribution is -0.142. The van der Waals surface area contributed by atoms with Gasteiger partial charge in [0.2, 0.25) is 5.88 Å². The van der Waals surface area contributed by atoms with Gasteiger partial charge in [-0.05, 0) is 17.2 Å². The summed E-state index contributed by atoms with van der Waals surface area (Å²) in [7, 11) is 1.25. The summed E-state index contributed by atoms with van der Waals surface area (Å²) in [6, 6.07) is 15.7. The predicted octanol–water partition coefficient (Wildman–Crippen LogP) is 1.97. The lowest BCUT2D eigenvalue weighted by Crippen LogP contribution is -2.33. The van der Waals surface area contributed by atoms with Gasteiger partial charge in [-0.25, -0.2) is 9.59 Å². The van der Waals surface area contributed by atoms with E-state index in [2.05, 4.69) is 15.0 Å². The third-order valence-corrected chi connectivity index (χ3v) is 5.34. The number of carbonyl (C=O) groups excluding carboxylic acids is 1. The zero-order valence-electron chi connectivity index (χ0n) is 17.8. The molecule has 0 spiro atoms. The third kappa shape index (κ3) is 4.62. The van der Waals surface area contributed by atoms with E-state index in [1.165, 1.54) is 7.11 Å². The molecule has 0 unspecified atom stereocenters. The van der Waals surface area contributed by atoms with Crippen LogP contribution in [-0.4, -0.2) is 45.0 Å². The van der Waals surface area contributed by atoms with Gasteiger partial charge < -0.3 is 14.8 Å².